The molecule has 1 atom stereocenters. The van der Waals surface area contributed by atoms with Crippen LogP contribution in [0.5, 0.6) is 5.75 Å². The molecule has 0 aliphatic rings. The van der Waals surface area contributed by atoms with Crippen LogP contribution in [0.3, 0.4) is 0 Å². The number of alkyl carbamates (subject to hydrolysis) is 1. The Morgan fingerprint density at radius 2 is 1.84 bits per heavy atom. The number of nitrogens with one attached hydrogen (secondary N) is 1. The van der Waals surface area contributed by atoms with Gasteiger partial charge >= 0.3 is 12.1 Å². The maximum atomic E-state index is 11.8. The first-order chi connectivity index (χ1) is 11.3. The molecule has 6 nitrogen and oxygen atoms in total. The van der Waals surface area contributed by atoms with E-state index in [1.165, 1.54) is 7.11 Å². The summed E-state index contributed by atoms with van der Waals surface area (Å²) in [4.78, 5) is 23.6. The number of para-hydroxylation sites is 1. The molecule has 1 aromatic rings. The van der Waals surface area contributed by atoms with Crippen molar-refractivity contribution in [1.29, 1.82) is 0 Å². The number of carbonyl (C=O) groups excluding carboxylic acids is 2. The molecule has 138 valence electrons. The zero-order valence-corrected chi connectivity index (χ0v) is 15.9. The van der Waals surface area contributed by atoms with Crippen molar-refractivity contribution in [2.75, 3.05) is 14.2 Å². The number of halogens is 1. The van der Waals surface area contributed by atoms with E-state index in [1.54, 1.807) is 40.0 Å². The van der Waals surface area contributed by atoms with Crippen LogP contribution in [0.4, 0.5) is 4.79 Å². The minimum atomic E-state index is -0.910. The summed E-state index contributed by atoms with van der Waals surface area (Å²) in [5, 5.41) is 2.47. The predicted octanol–water partition coefficient (Wildman–Crippen LogP) is 2.92. The monoisotopic (exact) mass is 369 g/mol. The molecule has 0 unspecified atom stereocenters. The SMILES string of the molecule is COC(=O)[C@H](CC#Cc1ccccc1OC)NC(=O)OC(C)(C)C.Cl. The summed E-state index contributed by atoms with van der Waals surface area (Å²) in [6, 6.07) is 6.36. The fourth-order valence-electron chi connectivity index (χ4n) is 1.78. The highest BCUT2D eigenvalue weighted by atomic mass is 35.5. The summed E-state index contributed by atoms with van der Waals surface area (Å²) < 4.78 is 15.0. The van der Waals surface area contributed by atoms with Crippen molar-refractivity contribution in [3.8, 4) is 17.6 Å². The van der Waals surface area contributed by atoms with Gasteiger partial charge in [0.05, 0.1) is 19.8 Å². The van der Waals surface area contributed by atoms with E-state index in [0.717, 1.165) is 0 Å². The van der Waals surface area contributed by atoms with Gasteiger partial charge in [0.15, 0.2) is 0 Å². The number of rotatable bonds is 4. The summed E-state index contributed by atoms with van der Waals surface area (Å²) in [6.07, 6.45) is -0.610. The fourth-order valence-corrected chi connectivity index (χ4v) is 1.78. The highest BCUT2D eigenvalue weighted by Crippen LogP contribution is 2.15. The average Bonchev–Trinajstić information content (AvgIpc) is 2.51. The van der Waals surface area contributed by atoms with Gasteiger partial charge in [0.1, 0.15) is 17.4 Å². The van der Waals surface area contributed by atoms with Crippen molar-refractivity contribution in [2.24, 2.45) is 0 Å². The first-order valence-electron chi connectivity index (χ1n) is 7.46. The van der Waals surface area contributed by atoms with Gasteiger partial charge in [-0.15, -0.1) is 12.4 Å². The summed E-state index contributed by atoms with van der Waals surface area (Å²) in [5.74, 6) is 5.83. The van der Waals surface area contributed by atoms with Crippen molar-refractivity contribution in [1.82, 2.24) is 5.32 Å². The number of amides is 1. The van der Waals surface area contributed by atoms with Gasteiger partial charge in [-0.2, -0.15) is 0 Å². The quantitative estimate of drug-likeness (QED) is 0.652. The third-order valence-corrected chi connectivity index (χ3v) is 2.81. The number of methoxy groups -OCH3 is 2. The van der Waals surface area contributed by atoms with Crippen molar-refractivity contribution in [2.45, 2.75) is 38.8 Å². The van der Waals surface area contributed by atoms with Crippen LogP contribution >= 0.6 is 12.4 Å². The molecule has 0 aliphatic carbocycles. The number of esters is 1. The Kier molecular flexibility index (Phi) is 9.47. The van der Waals surface area contributed by atoms with Gasteiger partial charge in [-0.3, -0.25) is 0 Å². The molecule has 0 spiro atoms. The second-order valence-corrected chi connectivity index (χ2v) is 5.93. The number of ether oxygens (including phenoxy) is 3. The third kappa shape index (κ3) is 8.32. The Hall–Kier alpha value is -2.39. The molecule has 25 heavy (non-hydrogen) atoms. The molecule has 1 amide bonds. The molecule has 1 aromatic carbocycles. The molecular weight excluding hydrogens is 346 g/mol. The van der Waals surface area contributed by atoms with Crippen LogP contribution in [0, 0.1) is 11.8 Å². The van der Waals surface area contributed by atoms with Crippen molar-refractivity contribution < 1.29 is 23.8 Å². The van der Waals surface area contributed by atoms with Gasteiger partial charge < -0.3 is 19.5 Å². The number of benzene rings is 1. The zero-order chi connectivity index (χ0) is 18.2. The van der Waals surface area contributed by atoms with Crippen LogP contribution in [-0.2, 0) is 14.3 Å². The topological polar surface area (TPSA) is 73.9 Å². The molecule has 0 fully saturated rings. The molecular formula is C18H24ClNO5. The van der Waals surface area contributed by atoms with E-state index < -0.39 is 23.7 Å². The standard InChI is InChI=1S/C18H23NO5.ClH/c1-18(2,3)24-17(21)19-14(16(20)23-5)11-8-10-13-9-6-7-12-15(13)22-4;/h6-7,9,12,14H,11H2,1-5H3,(H,19,21);1H/t14-;/m0./s1. The summed E-state index contributed by atoms with van der Waals surface area (Å²) >= 11 is 0. The molecule has 0 bridgehead atoms. The lowest BCUT2D eigenvalue weighted by Crippen LogP contribution is -2.43. The van der Waals surface area contributed by atoms with Gasteiger partial charge in [-0.1, -0.05) is 24.0 Å². The summed E-state index contributed by atoms with van der Waals surface area (Å²) in [6.45, 7) is 5.21. The minimum absolute atomic E-state index is 0. The van der Waals surface area contributed by atoms with Crippen LogP contribution < -0.4 is 10.1 Å². The molecule has 0 radical (unpaired) electrons. The normalized spacial score (nSPS) is 11.1. The Balaban J connectivity index is 0.00000576. The Labute approximate surface area is 154 Å². The second kappa shape index (κ2) is 10.5. The summed E-state index contributed by atoms with van der Waals surface area (Å²) in [5.41, 5.74) is 0.0364. The number of hydrogen-bond acceptors (Lipinski definition) is 5. The van der Waals surface area contributed by atoms with Crippen LogP contribution in [0.1, 0.15) is 32.8 Å². The molecule has 0 heterocycles. The van der Waals surface area contributed by atoms with Gasteiger partial charge in [0.2, 0.25) is 0 Å². The highest BCUT2D eigenvalue weighted by molar-refractivity contribution is 5.85. The maximum Gasteiger partial charge on any atom is 0.408 e. The van der Waals surface area contributed by atoms with Gasteiger partial charge in [-0.25, -0.2) is 9.59 Å². The fraction of sp³-hybridized carbons (Fsp3) is 0.444. The molecule has 0 saturated carbocycles. The number of hydrogen-bond donors (Lipinski definition) is 1. The zero-order valence-electron chi connectivity index (χ0n) is 15.0. The molecule has 0 aromatic heterocycles. The molecule has 1 N–H and O–H groups in total. The van der Waals surface area contributed by atoms with E-state index in [4.69, 9.17) is 9.47 Å². The van der Waals surface area contributed by atoms with Crippen molar-refractivity contribution >= 4 is 24.5 Å². The molecule has 7 heteroatoms. The minimum Gasteiger partial charge on any atom is -0.495 e. The van der Waals surface area contributed by atoms with Gasteiger partial charge in [0, 0.05) is 6.42 Å². The van der Waals surface area contributed by atoms with Gasteiger partial charge in [0.25, 0.3) is 0 Å². The van der Waals surface area contributed by atoms with E-state index in [0.29, 0.717) is 11.3 Å². The lowest BCUT2D eigenvalue weighted by atomic mass is 10.1. The van der Waals surface area contributed by atoms with Crippen LogP contribution in [0.25, 0.3) is 0 Å². The van der Waals surface area contributed by atoms with Crippen molar-refractivity contribution in [3.05, 3.63) is 29.8 Å². The van der Waals surface area contributed by atoms with E-state index in [-0.39, 0.29) is 18.8 Å². The van der Waals surface area contributed by atoms with E-state index >= 15 is 0 Å². The third-order valence-electron chi connectivity index (χ3n) is 2.81. The van der Waals surface area contributed by atoms with E-state index in [9.17, 15) is 9.59 Å². The molecule has 0 aliphatic heterocycles. The van der Waals surface area contributed by atoms with Crippen molar-refractivity contribution in [3.63, 3.8) is 0 Å². The van der Waals surface area contributed by atoms with Crippen LogP contribution in [-0.4, -0.2) is 37.9 Å². The Morgan fingerprint density at radius 3 is 2.40 bits per heavy atom. The Bertz CT molecular complexity index is 643. The first-order valence-corrected chi connectivity index (χ1v) is 7.46. The number of carbonyl (C=O) groups is 2. The first kappa shape index (κ1) is 22.6. The maximum absolute atomic E-state index is 11.8. The van der Waals surface area contributed by atoms with Crippen LogP contribution in [0.15, 0.2) is 24.3 Å². The highest BCUT2D eigenvalue weighted by Gasteiger charge is 2.24. The second-order valence-electron chi connectivity index (χ2n) is 5.93. The summed E-state index contributed by atoms with van der Waals surface area (Å²) in [7, 11) is 2.81. The predicted molar refractivity (Wildman–Crippen MR) is 96.9 cm³/mol. The molecule has 1 rings (SSSR count). The van der Waals surface area contributed by atoms with Gasteiger partial charge in [-0.05, 0) is 32.9 Å². The smallest absolute Gasteiger partial charge is 0.408 e. The molecule has 0 saturated heterocycles. The lowest BCUT2D eigenvalue weighted by Gasteiger charge is -2.21. The van der Waals surface area contributed by atoms with Crippen LogP contribution in [0.2, 0.25) is 0 Å². The Morgan fingerprint density at radius 1 is 1.20 bits per heavy atom. The largest absolute Gasteiger partial charge is 0.495 e. The average molecular weight is 370 g/mol. The van der Waals surface area contributed by atoms with E-state index in [1.807, 2.05) is 12.1 Å². The lowest BCUT2D eigenvalue weighted by molar-refractivity contribution is -0.143. The van der Waals surface area contributed by atoms with E-state index in [2.05, 4.69) is 21.9 Å².